The van der Waals surface area contributed by atoms with Gasteiger partial charge in [0.2, 0.25) is 0 Å². The van der Waals surface area contributed by atoms with Gasteiger partial charge in [0.15, 0.2) is 0 Å². The first kappa shape index (κ1) is 22.5. The molecule has 0 aromatic heterocycles. The quantitative estimate of drug-likeness (QED) is 0.594. The van der Waals surface area contributed by atoms with Crippen molar-refractivity contribution in [3.8, 4) is 0 Å². The standard InChI is InChI=1S/C5H11N.CH4.CH3.Y/c1-5(2)6(3)4;;;/h5H,3-4H2,1-2H3;1H4;1H3;/q-2;;-1;+3. The zero-order valence-electron chi connectivity index (χ0n) is 6.02. The van der Waals surface area contributed by atoms with Crippen LogP contribution in [0.1, 0.15) is 21.3 Å². The second-order valence-corrected chi connectivity index (χ2v) is 1.68. The van der Waals surface area contributed by atoms with Gasteiger partial charge in [-0.15, -0.1) is 0 Å². The first-order chi connectivity index (χ1) is 2.64. The first-order valence-corrected chi connectivity index (χ1v) is 2.05. The minimum Gasteiger partial charge on any atom is -0.608 e. The fourth-order valence-corrected chi connectivity index (χ4v) is 0. The van der Waals surface area contributed by atoms with E-state index in [2.05, 4.69) is 14.1 Å². The van der Waals surface area contributed by atoms with Crippen molar-refractivity contribution in [2.75, 3.05) is 0 Å². The van der Waals surface area contributed by atoms with Crippen LogP contribution in [-0.4, -0.2) is 10.9 Å². The number of hydrogen-bond acceptors (Lipinski definition) is 1. The fourth-order valence-electron chi connectivity index (χ4n) is 0. The van der Waals surface area contributed by atoms with Crippen molar-refractivity contribution >= 4 is 0 Å². The van der Waals surface area contributed by atoms with E-state index >= 15 is 0 Å². The average Bonchev–Trinajstić information content (AvgIpc) is 1.36. The molecule has 0 saturated carbocycles. The zero-order valence-corrected chi connectivity index (χ0v) is 8.85. The summed E-state index contributed by atoms with van der Waals surface area (Å²) in [5.74, 6) is 0. The van der Waals surface area contributed by atoms with E-state index in [4.69, 9.17) is 0 Å². The zero-order chi connectivity index (χ0) is 5.15. The van der Waals surface area contributed by atoms with Crippen molar-refractivity contribution in [2.45, 2.75) is 27.3 Å². The number of nitrogens with zero attached hydrogens (tertiary/aromatic N) is 1. The molecular formula is C7H18NY. The molecule has 0 atom stereocenters. The summed E-state index contributed by atoms with van der Waals surface area (Å²) in [5.41, 5.74) is 0. The van der Waals surface area contributed by atoms with E-state index in [0.717, 1.165) is 0 Å². The maximum absolute atomic E-state index is 3.56. The molecule has 0 fully saturated rings. The molecule has 0 aromatic rings. The largest absolute Gasteiger partial charge is 3.00 e. The van der Waals surface area contributed by atoms with Gasteiger partial charge in [0, 0.05) is 0 Å². The fraction of sp³-hybridized carbons (Fsp3) is 0.571. The summed E-state index contributed by atoms with van der Waals surface area (Å²) >= 11 is 0. The molecule has 0 heterocycles. The van der Waals surface area contributed by atoms with Gasteiger partial charge in [0.05, 0.1) is 0 Å². The molecule has 1 nitrogen and oxygen atoms in total. The maximum Gasteiger partial charge on any atom is 3.00 e. The minimum atomic E-state index is 0. The van der Waals surface area contributed by atoms with Crippen LogP contribution in [0.2, 0.25) is 0 Å². The van der Waals surface area contributed by atoms with Gasteiger partial charge in [-0.1, -0.05) is 21.3 Å². The van der Waals surface area contributed by atoms with Crippen LogP contribution >= 0.6 is 0 Å². The van der Waals surface area contributed by atoms with E-state index < -0.39 is 0 Å². The van der Waals surface area contributed by atoms with Gasteiger partial charge in [0.1, 0.15) is 0 Å². The van der Waals surface area contributed by atoms with E-state index in [9.17, 15) is 0 Å². The van der Waals surface area contributed by atoms with Gasteiger partial charge in [-0.3, -0.25) is 0 Å². The molecule has 0 radical (unpaired) electrons. The van der Waals surface area contributed by atoms with Crippen LogP contribution < -0.4 is 0 Å². The van der Waals surface area contributed by atoms with E-state index in [1.807, 2.05) is 13.8 Å². The SMILES string of the molecule is C.[CH2-]N([CH2-])C(C)C.[CH3-].[Y+3]. The predicted molar refractivity (Wildman–Crippen MR) is 40.8 cm³/mol. The Bertz CT molecular complexity index is 29.9. The molecule has 0 aliphatic heterocycles. The molecule has 0 aliphatic carbocycles. The number of hydrogen-bond donors (Lipinski definition) is 0. The Labute approximate surface area is 86.1 Å². The molecule has 0 rings (SSSR count). The summed E-state index contributed by atoms with van der Waals surface area (Å²) in [7, 11) is 7.12. The van der Waals surface area contributed by atoms with E-state index in [-0.39, 0.29) is 47.6 Å². The average molecular weight is 205 g/mol. The molecule has 0 N–H and O–H groups in total. The van der Waals surface area contributed by atoms with Gasteiger partial charge >= 0.3 is 32.7 Å². The number of rotatable bonds is 1. The molecule has 54 valence electrons. The van der Waals surface area contributed by atoms with Crippen LogP contribution in [0.4, 0.5) is 0 Å². The second-order valence-electron chi connectivity index (χ2n) is 1.68. The molecule has 0 bridgehead atoms. The monoisotopic (exact) mass is 205 g/mol. The molecule has 0 amide bonds. The van der Waals surface area contributed by atoms with E-state index in [1.165, 1.54) is 0 Å². The van der Waals surface area contributed by atoms with Crippen molar-refractivity contribution < 1.29 is 32.7 Å². The Balaban J connectivity index is -0.0000000417. The van der Waals surface area contributed by atoms with Crippen molar-refractivity contribution in [2.24, 2.45) is 0 Å². The Hall–Kier alpha value is 1.06. The van der Waals surface area contributed by atoms with E-state index in [0.29, 0.717) is 6.04 Å². The van der Waals surface area contributed by atoms with Crippen LogP contribution in [0.5, 0.6) is 0 Å². The summed E-state index contributed by atoms with van der Waals surface area (Å²) in [6.07, 6.45) is 0. The Kier molecular flexibility index (Phi) is 29.5. The predicted octanol–water partition coefficient (Wildman–Crippen LogP) is 2.36. The summed E-state index contributed by atoms with van der Waals surface area (Å²) in [5, 5.41) is 0. The summed E-state index contributed by atoms with van der Waals surface area (Å²) in [4.78, 5) is 1.67. The second kappa shape index (κ2) is 11.8. The molecule has 0 spiro atoms. The molecule has 2 heteroatoms. The Morgan fingerprint density at radius 2 is 1.33 bits per heavy atom. The van der Waals surface area contributed by atoms with Crippen LogP contribution in [0, 0.1) is 21.5 Å². The van der Waals surface area contributed by atoms with Gasteiger partial charge in [-0.25, -0.2) is 0 Å². The van der Waals surface area contributed by atoms with Crippen molar-refractivity contribution in [3.63, 3.8) is 0 Å². The van der Waals surface area contributed by atoms with Crippen LogP contribution in [0.25, 0.3) is 0 Å². The van der Waals surface area contributed by atoms with Gasteiger partial charge < -0.3 is 26.4 Å². The maximum atomic E-state index is 3.56. The third-order valence-electron chi connectivity index (χ3n) is 0.730. The van der Waals surface area contributed by atoms with Crippen LogP contribution in [0.15, 0.2) is 0 Å². The van der Waals surface area contributed by atoms with Gasteiger partial charge in [-0.2, -0.15) is 0 Å². The van der Waals surface area contributed by atoms with Gasteiger partial charge in [-0.05, 0) is 6.04 Å². The molecule has 0 saturated heterocycles. The van der Waals surface area contributed by atoms with Crippen molar-refractivity contribution in [1.82, 2.24) is 4.90 Å². The third kappa shape index (κ3) is 17.6. The summed E-state index contributed by atoms with van der Waals surface area (Å²) in [6, 6.07) is 0.463. The van der Waals surface area contributed by atoms with Crippen molar-refractivity contribution in [1.29, 1.82) is 0 Å². The molecule has 0 aromatic carbocycles. The molecular weight excluding hydrogens is 187 g/mol. The first-order valence-electron chi connectivity index (χ1n) is 2.05. The van der Waals surface area contributed by atoms with Crippen molar-refractivity contribution in [3.05, 3.63) is 21.5 Å². The normalized spacial score (nSPS) is 7.33. The summed E-state index contributed by atoms with van der Waals surface area (Å²) < 4.78 is 0. The molecule has 0 unspecified atom stereocenters. The molecule has 0 aliphatic rings. The minimum absolute atomic E-state index is 0. The van der Waals surface area contributed by atoms with Crippen LogP contribution in [-0.2, 0) is 32.7 Å². The molecule has 9 heavy (non-hydrogen) atoms. The van der Waals surface area contributed by atoms with E-state index in [1.54, 1.807) is 4.90 Å². The van der Waals surface area contributed by atoms with Gasteiger partial charge in [0.25, 0.3) is 0 Å². The third-order valence-corrected chi connectivity index (χ3v) is 0.730. The topological polar surface area (TPSA) is 3.24 Å². The van der Waals surface area contributed by atoms with Crippen LogP contribution in [0.3, 0.4) is 0 Å². The summed E-state index contributed by atoms with van der Waals surface area (Å²) in [6.45, 7) is 4.08. The Morgan fingerprint density at radius 3 is 1.33 bits per heavy atom. The smallest absolute Gasteiger partial charge is 0.608 e. The Morgan fingerprint density at radius 1 is 1.22 bits per heavy atom.